The fourth-order valence-electron chi connectivity index (χ4n) is 4.84. The molecule has 3 aromatic rings. The zero-order chi connectivity index (χ0) is 21.2. The quantitative estimate of drug-likeness (QED) is 0.639. The van der Waals surface area contributed by atoms with Crippen LogP contribution in [-0.4, -0.2) is 35.0 Å². The first-order valence-corrected chi connectivity index (χ1v) is 12.2. The highest BCUT2D eigenvalue weighted by molar-refractivity contribution is 7.17. The summed E-state index contributed by atoms with van der Waals surface area (Å²) in [5.41, 5.74) is 2.67. The summed E-state index contributed by atoms with van der Waals surface area (Å²) in [6, 6.07) is 10.4. The molecule has 31 heavy (non-hydrogen) atoms. The number of rotatable bonds is 4. The van der Waals surface area contributed by atoms with Crippen LogP contribution >= 0.6 is 11.3 Å². The van der Waals surface area contributed by atoms with Gasteiger partial charge in [-0.3, -0.25) is 14.6 Å². The molecule has 2 aliphatic rings. The highest BCUT2D eigenvalue weighted by Gasteiger charge is 2.29. The van der Waals surface area contributed by atoms with Crippen LogP contribution in [0.3, 0.4) is 0 Å². The number of hydrogen-bond acceptors (Lipinski definition) is 5. The van der Waals surface area contributed by atoms with Gasteiger partial charge >= 0.3 is 0 Å². The number of nitrogens with zero attached hydrogens (tertiary/aromatic N) is 2. The van der Waals surface area contributed by atoms with Crippen molar-refractivity contribution in [1.82, 2.24) is 15.3 Å². The fourth-order valence-corrected chi connectivity index (χ4v) is 5.75. The van der Waals surface area contributed by atoms with E-state index in [0.717, 1.165) is 48.9 Å². The van der Waals surface area contributed by atoms with Crippen molar-refractivity contribution in [3.8, 4) is 11.1 Å². The molecule has 0 spiro atoms. The maximum Gasteiger partial charge on any atom is 0.270 e. The van der Waals surface area contributed by atoms with Crippen molar-refractivity contribution in [3.63, 3.8) is 0 Å². The van der Waals surface area contributed by atoms with Crippen molar-refractivity contribution < 1.29 is 4.79 Å². The second-order valence-corrected chi connectivity index (χ2v) is 9.59. The number of aromatic amines is 1. The van der Waals surface area contributed by atoms with Gasteiger partial charge in [0.15, 0.2) is 0 Å². The van der Waals surface area contributed by atoms with E-state index in [-0.39, 0.29) is 17.4 Å². The number of thiophene rings is 1. The fraction of sp³-hybridized carbons (Fsp3) is 0.458. The number of piperidine rings is 1. The summed E-state index contributed by atoms with van der Waals surface area (Å²) >= 11 is 1.43. The van der Waals surface area contributed by atoms with Crippen molar-refractivity contribution in [2.45, 2.75) is 51.0 Å². The Morgan fingerprint density at radius 3 is 2.71 bits per heavy atom. The molecule has 1 aliphatic heterocycles. The number of amides is 1. The van der Waals surface area contributed by atoms with Crippen molar-refractivity contribution >= 4 is 33.4 Å². The molecule has 1 saturated heterocycles. The average molecular weight is 437 g/mol. The number of H-pyrrole nitrogens is 1. The first kappa shape index (κ1) is 20.2. The minimum atomic E-state index is -0.110. The van der Waals surface area contributed by atoms with Crippen molar-refractivity contribution in [2.75, 3.05) is 18.0 Å². The first-order chi connectivity index (χ1) is 15.2. The van der Waals surface area contributed by atoms with Crippen LogP contribution in [0.4, 0.5) is 5.95 Å². The molecule has 162 valence electrons. The van der Waals surface area contributed by atoms with Gasteiger partial charge in [-0.25, -0.2) is 4.98 Å². The molecular formula is C24H28N4O2S. The summed E-state index contributed by atoms with van der Waals surface area (Å²) < 4.78 is 0.645. The van der Waals surface area contributed by atoms with Gasteiger partial charge < -0.3 is 10.2 Å². The predicted octanol–water partition coefficient (Wildman–Crippen LogP) is 4.32. The molecule has 1 aromatic carbocycles. The van der Waals surface area contributed by atoms with Gasteiger partial charge in [-0.05, 0) is 31.2 Å². The lowest BCUT2D eigenvalue weighted by Crippen LogP contribution is -2.47. The maximum absolute atomic E-state index is 12.9. The van der Waals surface area contributed by atoms with Gasteiger partial charge in [0, 0.05) is 30.1 Å². The molecule has 3 heterocycles. The van der Waals surface area contributed by atoms with Gasteiger partial charge in [0.05, 0.1) is 11.4 Å². The molecule has 2 aromatic heterocycles. The molecule has 6 nitrogen and oxygen atoms in total. The second-order valence-electron chi connectivity index (χ2n) is 8.71. The van der Waals surface area contributed by atoms with Crippen molar-refractivity contribution in [2.24, 2.45) is 5.92 Å². The van der Waals surface area contributed by atoms with Crippen LogP contribution in [0.25, 0.3) is 21.3 Å². The largest absolute Gasteiger partial charge is 0.353 e. The second kappa shape index (κ2) is 8.83. The minimum Gasteiger partial charge on any atom is -0.353 e. The molecule has 2 fully saturated rings. The summed E-state index contributed by atoms with van der Waals surface area (Å²) in [6.45, 7) is 1.39. The van der Waals surface area contributed by atoms with E-state index < -0.39 is 0 Å². The molecule has 2 N–H and O–H groups in total. The van der Waals surface area contributed by atoms with Crippen LogP contribution in [-0.2, 0) is 4.79 Å². The molecular weight excluding hydrogens is 408 g/mol. The van der Waals surface area contributed by atoms with E-state index in [4.69, 9.17) is 4.98 Å². The summed E-state index contributed by atoms with van der Waals surface area (Å²) in [7, 11) is 0. The third-order valence-electron chi connectivity index (χ3n) is 6.54. The molecule has 7 heteroatoms. The summed E-state index contributed by atoms with van der Waals surface area (Å²) in [4.78, 5) is 35.6. The Balaban J connectivity index is 1.38. The number of anilines is 1. The molecule has 1 saturated carbocycles. The average Bonchev–Trinajstić information content (AvgIpc) is 3.25. The number of carbonyl (C=O) groups is 1. The molecule has 0 bridgehead atoms. The zero-order valence-electron chi connectivity index (χ0n) is 17.6. The van der Waals surface area contributed by atoms with Crippen LogP contribution in [0.5, 0.6) is 0 Å². The van der Waals surface area contributed by atoms with E-state index in [1.54, 1.807) is 0 Å². The Morgan fingerprint density at radius 2 is 1.90 bits per heavy atom. The van der Waals surface area contributed by atoms with E-state index in [0.29, 0.717) is 23.2 Å². The number of fused-ring (bicyclic) bond motifs is 1. The topological polar surface area (TPSA) is 78.1 Å². The monoisotopic (exact) mass is 436 g/mol. The van der Waals surface area contributed by atoms with Gasteiger partial charge in [-0.2, -0.15) is 0 Å². The van der Waals surface area contributed by atoms with E-state index >= 15 is 0 Å². The van der Waals surface area contributed by atoms with Gasteiger partial charge in [-0.15, -0.1) is 11.3 Å². The molecule has 0 unspecified atom stereocenters. The molecule has 1 atom stereocenters. The van der Waals surface area contributed by atoms with Crippen LogP contribution in [0.2, 0.25) is 0 Å². The maximum atomic E-state index is 12.9. The normalized spacial score (nSPS) is 20.1. The minimum absolute atomic E-state index is 0.0623. The number of benzene rings is 1. The lowest BCUT2D eigenvalue weighted by Gasteiger charge is -2.33. The highest BCUT2D eigenvalue weighted by atomic mass is 32.1. The van der Waals surface area contributed by atoms with E-state index in [9.17, 15) is 9.59 Å². The Morgan fingerprint density at radius 1 is 1.10 bits per heavy atom. The Labute approximate surface area is 185 Å². The van der Waals surface area contributed by atoms with E-state index in [2.05, 4.69) is 15.2 Å². The van der Waals surface area contributed by atoms with Crippen molar-refractivity contribution in [1.29, 1.82) is 0 Å². The summed E-state index contributed by atoms with van der Waals surface area (Å²) in [6.07, 6.45) is 7.67. The molecule has 0 radical (unpaired) electrons. The SMILES string of the molecule is O=C(NC1CCCCC1)[C@@H]1CCCN(c2nc3c(-c4ccccc4)csc3c(=O)[nH]2)C1. The van der Waals surface area contributed by atoms with Crippen LogP contribution in [0.15, 0.2) is 40.5 Å². The van der Waals surface area contributed by atoms with Gasteiger partial charge in [-0.1, -0.05) is 49.6 Å². The van der Waals surface area contributed by atoms with E-state index in [1.807, 2.05) is 35.7 Å². The predicted molar refractivity (Wildman–Crippen MR) is 126 cm³/mol. The van der Waals surface area contributed by atoms with Gasteiger partial charge in [0.1, 0.15) is 4.70 Å². The third kappa shape index (κ3) is 4.24. The molecule has 1 aliphatic carbocycles. The zero-order valence-corrected chi connectivity index (χ0v) is 18.4. The Kier molecular flexibility index (Phi) is 5.76. The standard InChI is InChI=1S/C24H28N4O2S/c29-22(25-18-11-5-2-6-12-18)17-10-7-13-28(14-17)24-26-20-19(16-8-3-1-4-9-16)15-31-21(20)23(30)27-24/h1,3-4,8-9,15,17-18H,2,5-7,10-14H2,(H,25,29)(H,26,27,30)/t17-/m1/s1. The number of hydrogen-bond donors (Lipinski definition) is 2. The summed E-state index contributed by atoms with van der Waals surface area (Å²) in [5.74, 6) is 0.663. The lowest BCUT2D eigenvalue weighted by atomic mass is 9.93. The Bertz CT molecular complexity index is 1120. The smallest absolute Gasteiger partial charge is 0.270 e. The summed E-state index contributed by atoms with van der Waals surface area (Å²) in [5, 5.41) is 5.27. The van der Waals surface area contributed by atoms with Crippen molar-refractivity contribution in [3.05, 3.63) is 46.1 Å². The van der Waals surface area contributed by atoms with Gasteiger partial charge in [0.25, 0.3) is 5.56 Å². The third-order valence-corrected chi connectivity index (χ3v) is 7.51. The lowest BCUT2D eigenvalue weighted by molar-refractivity contribution is -0.126. The highest BCUT2D eigenvalue weighted by Crippen LogP contribution is 2.32. The number of aromatic nitrogens is 2. The first-order valence-electron chi connectivity index (χ1n) is 11.3. The van der Waals surface area contributed by atoms with Gasteiger partial charge in [0.2, 0.25) is 11.9 Å². The number of carbonyl (C=O) groups excluding carboxylic acids is 1. The molecule has 5 rings (SSSR count). The molecule has 1 amide bonds. The van der Waals surface area contributed by atoms with Crippen LogP contribution in [0.1, 0.15) is 44.9 Å². The van der Waals surface area contributed by atoms with E-state index in [1.165, 1.54) is 30.6 Å². The Hall–Kier alpha value is -2.67. The van der Waals surface area contributed by atoms with Crippen LogP contribution in [0, 0.1) is 5.92 Å². The van der Waals surface area contributed by atoms with Crippen LogP contribution < -0.4 is 15.8 Å². The number of nitrogens with one attached hydrogen (secondary N) is 2.